The van der Waals surface area contributed by atoms with E-state index in [-0.39, 0.29) is 0 Å². The van der Waals surface area contributed by atoms with Crippen LogP contribution in [-0.4, -0.2) is 65.6 Å². The fraction of sp³-hybridized carbons (Fsp3) is 0.471. The number of aryl methyl sites for hydroxylation is 3. The van der Waals surface area contributed by atoms with E-state index >= 15 is 0 Å². The predicted octanol–water partition coefficient (Wildman–Crippen LogP) is 0.730. The van der Waals surface area contributed by atoms with Crippen molar-refractivity contribution in [3.63, 3.8) is 0 Å². The molecule has 9 nitrogen and oxygen atoms in total. The summed E-state index contributed by atoms with van der Waals surface area (Å²) in [4.78, 5) is 13.5. The highest BCUT2D eigenvalue weighted by Gasteiger charge is 2.20. The molecule has 9 heteroatoms. The number of aromatic nitrogens is 7. The highest BCUT2D eigenvalue weighted by Crippen LogP contribution is 2.17. The van der Waals surface area contributed by atoms with Crippen LogP contribution in [0.25, 0.3) is 5.82 Å². The summed E-state index contributed by atoms with van der Waals surface area (Å²) < 4.78 is 3.84. The van der Waals surface area contributed by atoms with Crippen LogP contribution >= 0.6 is 0 Å². The van der Waals surface area contributed by atoms with Gasteiger partial charge in [0.15, 0.2) is 5.82 Å². The van der Waals surface area contributed by atoms with Gasteiger partial charge in [0.2, 0.25) is 0 Å². The summed E-state index contributed by atoms with van der Waals surface area (Å²) in [6.45, 7) is 8.62. The molecular formula is C17H23N9. The van der Waals surface area contributed by atoms with E-state index in [0.29, 0.717) is 0 Å². The Labute approximate surface area is 152 Å². The lowest BCUT2D eigenvalue weighted by Crippen LogP contribution is -2.46. The zero-order valence-electron chi connectivity index (χ0n) is 15.4. The molecule has 3 aromatic heterocycles. The van der Waals surface area contributed by atoms with Gasteiger partial charge in [-0.2, -0.15) is 5.10 Å². The summed E-state index contributed by atoms with van der Waals surface area (Å²) >= 11 is 0. The van der Waals surface area contributed by atoms with Crippen LogP contribution in [0.3, 0.4) is 0 Å². The zero-order valence-corrected chi connectivity index (χ0v) is 15.4. The Morgan fingerprint density at radius 2 is 1.77 bits per heavy atom. The maximum absolute atomic E-state index is 4.51. The third kappa shape index (κ3) is 3.30. The highest BCUT2D eigenvalue weighted by atomic mass is 15.3. The minimum atomic E-state index is 0.808. The standard InChI is InChI=1S/C17H23N9/c1-13-8-14(2)26(22-13)16-9-15(18-11-19-16)25-6-4-24(5-7-25)10-17-21-20-12-23(17)3/h8-9,11-12H,4-7,10H2,1-3H3. The largest absolute Gasteiger partial charge is 0.354 e. The smallest absolute Gasteiger partial charge is 0.159 e. The van der Waals surface area contributed by atoms with Gasteiger partial charge >= 0.3 is 0 Å². The molecule has 1 saturated heterocycles. The lowest BCUT2D eigenvalue weighted by Gasteiger charge is -2.35. The predicted molar refractivity (Wildman–Crippen MR) is 97.1 cm³/mol. The summed E-state index contributed by atoms with van der Waals surface area (Å²) in [5, 5.41) is 12.6. The number of nitrogens with zero attached hydrogens (tertiary/aromatic N) is 9. The van der Waals surface area contributed by atoms with Crippen LogP contribution in [0.1, 0.15) is 17.2 Å². The minimum Gasteiger partial charge on any atom is -0.354 e. The third-order valence-electron chi connectivity index (χ3n) is 4.73. The van der Waals surface area contributed by atoms with Gasteiger partial charge in [0, 0.05) is 45.0 Å². The number of hydrogen-bond donors (Lipinski definition) is 0. The Hall–Kier alpha value is -2.81. The van der Waals surface area contributed by atoms with E-state index < -0.39 is 0 Å². The van der Waals surface area contributed by atoms with Crippen LogP contribution in [0.15, 0.2) is 24.8 Å². The SMILES string of the molecule is Cc1cc(C)n(-c2cc(N3CCN(Cc4nncn4C)CC3)ncn2)n1. The van der Waals surface area contributed by atoms with Gasteiger partial charge in [0.25, 0.3) is 0 Å². The van der Waals surface area contributed by atoms with Crippen molar-refractivity contribution in [2.45, 2.75) is 20.4 Å². The lowest BCUT2D eigenvalue weighted by molar-refractivity contribution is 0.241. The summed E-state index contributed by atoms with van der Waals surface area (Å²) in [7, 11) is 1.98. The summed E-state index contributed by atoms with van der Waals surface area (Å²) in [6.07, 6.45) is 3.36. The van der Waals surface area contributed by atoms with Gasteiger partial charge in [-0.05, 0) is 19.9 Å². The first-order chi connectivity index (χ1) is 12.6. The second-order valence-corrected chi connectivity index (χ2v) is 6.69. The van der Waals surface area contributed by atoms with Gasteiger partial charge < -0.3 is 9.47 Å². The molecule has 0 atom stereocenters. The zero-order chi connectivity index (χ0) is 18.1. The van der Waals surface area contributed by atoms with Crippen molar-refractivity contribution in [1.82, 2.24) is 39.4 Å². The Kier molecular flexibility index (Phi) is 4.37. The van der Waals surface area contributed by atoms with E-state index in [0.717, 1.165) is 61.6 Å². The molecule has 136 valence electrons. The van der Waals surface area contributed by atoms with Gasteiger partial charge in [-0.25, -0.2) is 14.6 Å². The van der Waals surface area contributed by atoms with Crippen LogP contribution in [0, 0.1) is 13.8 Å². The first-order valence-electron chi connectivity index (χ1n) is 8.76. The molecule has 1 aliphatic rings. The fourth-order valence-corrected chi connectivity index (χ4v) is 3.27. The molecular weight excluding hydrogens is 330 g/mol. The molecule has 0 radical (unpaired) electrons. The molecule has 4 rings (SSSR count). The highest BCUT2D eigenvalue weighted by molar-refractivity contribution is 5.44. The molecule has 0 spiro atoms. The van der Waals surface area contributed by atoms with Gasteiger partial charge in [-0.15, -0.1) is 10.2 Å². The Morgan fingerprint density at radius 3 is 2.42 bits per heavy atom. The van der Waals surface area contributed by atoms with E-state index in [2.05, 4.69) is 35.1 Å². The van der Waals surface area contributed by atoms with Crippen molar-refractivity contribution in [3.8, 4) is 5.82 Å². The molecule has 26 heavy (non-hydrogen) atoms. The van der Waals surface area contributed by atoms with Crippen LogP contribution in [0.5, 0.6) is 0 Å². The molecule has 1 fully saturated rings. The lowest BCUT2D eigenvalue weighted by atomic mass is 10.3. The molecule has 0 bridgehead atoms. The maximum Gasteiger partial charge on any atom is 0.159 e. The fourth-order valence-electron chi connectivity index (χ4n) is 3.27. The third-order valence-corrected chi connectivity index (χ3v) is 4.73. The van der Waals surface area contributed by atoms with Crippen LogP contribution < -0.4 is 4.90 Å². The molecule has 0 aromatic carbocycles. The molecule has 0 saturated carbocycles. The quantitative estimate of drug-likeness (QED) is 0.684. The second-order valence-electron chi connectivity index (χ2n) is 6.69. The normalized spacial score (nSPS) is 15.6. The Morgan fingerprint density at radius 1 is 1.00 bits per heavy atom. The Balaban J connectivity index is 1.44. The van der Waals surface area contributed by atoms with Gasteiger partial charge in [0.05, 0.1) is 12.2 Å². The van der Waals surface area contributed by atoms with Crippen molar-refractivity contribution in [2.24, 2.45) is 7.05 Å². The van der Waals surface area contributed by atoms with Crippen LogP contribution in [0.2, 0.25) is 0 Å². The van der Waals surface area contributed by atoms with E-state index in [1.54, 1.807) is 12.7 Å². The van der Waals surface area contributed by atoms with Gasteiger partial charge in [-0.1, -0.05) is 0 Å². The average Bonchev–Trinajstić information content (AvgIpc) is 3.20. The maximum atomic E-state index is 4.51. The number of hydrogen-bond acceptors (Lipinski definition) is 7. The summed E-state index contributed by atoms with van der Waals surface area (Å²) in [6, 6.07) is 4.06. The van der Waals surface area contributed by atoms with Crippen LogP contribution in [0.4, 0.5) is 5.82 Å². The number of anilines is 1. The molecule has 0 N–H and O–H groups in total. The summed E-state index contributed by atoms with van der Waals surface area (Å²) in [5.41, 5.74) is 2.06. The topological polar surface area (TPSA) is 80.8 Å². The number of piperazine rings is 1. The molecule has 0 unspecified atom stereocenters. The first kappa shape index (κ1) is 16.6. The molecule has 0 amide bonds. The van der Waals surface area contributed by atoms with Gasteiger partial charge in [-0.3, -0.25) is 4.90 Å². The summed E-state index contributed by atoms with van der Waals surface area (Å²) in [5.74, 6) is 2.75. The van der Waals surface area contributed by atoms with Crippen molar-refractivity contribution in [2.75, 3.05) is 31.1 Å². The van der Waals surface area contributed by atoms with Crippen molar-refractivity contribution in [3.05, 3.63) is 42.0 Å². The van der Waals surface area contributed by atoms with Gasteiger partial charge in [0.1, 0.15) is 24.3 Å². The monoisotopic (exact) mass is 353 g/mol. The van der Waals surface area contributed by atoms with Crippen LogP contribution in [-0.2, 0) is 13.6 Å². The van der Waals surface area contributed by atoms with E-state index in [9.17, 15) is 0 Å². The van der Waals surface area contributed by atoms with Crippen molar-refractivity contribution < 1.29 is 0 Å². The molecule has 4 heterocycles. The number of rotatable bonds is 4. The molecule has 3 aromatic rings. The average molecular weight is 353 g/mol. The first-order valence-corrected chi connectivity index (χ1v) is 8.76. The molecule has 1 aliphatic heterocycles. The second kappa shape index (κ2) is 6.83. The van der Waals surface area contributed by atoms with Crippen molar-refractivity contribution in [1.29, 1.82) is 0 Å². The van der Waals surface area contributed by atoms with E-state index in [1.807, 2.05) is 42.3 Å². The Bertz CT molecular complexity index is 889. The van der Waals surface area contributed by atoms with E-state index in [4.69, 9.17) is 0 Å². The minimum absolute atomic E-state index is 0.808. The molecule has 0 aliphatic carbocycles. The van der Waals surface area contributed by atoms with Crippen molar-refractivity contribution >= 4 is 5.82 Å². The van der Waals surface area contributed by atoms with E-state index in [1.165, 1.54) is 0 Å².